The zero-order valence-corrected chi connectivity index (χ0v) is 8.52. The van der Waals surface area contributed by atoms with Crippen molar-refractivity contribution in [2.45, 2.75) is 13.3 Å². The van der Waals surface area contributed by atoms with Crippen LogP contribution in [0.5, 0.6) is 0 Å². The zero-order valence-electron chi connectivity index (χ0n) is 7.76. The van der Waals surface area contributed by atoms with Gasteiger partial charge in [-0.15, -0.1) is 0 Å². The normalized spacial score (nSPS) is 17.5. The van der Waals surface area contributed by atoms with E-state index in [2.05, 4.69) is 17.1 Å². The first-order valence-corrected chi connectivity index (χ1v) is 4.40. The molecule has 0 bridgehead atoms. The van der Waals surface area contributed by atoms with Gasteiger partial charge in [-0.1, -0.05) is 23.8 Å². The van der Waals surface area contributed by atoms with E-state index in [4.69, 9.17) is 11.6 Å². The molecule has 66 valence electrons. The summed E-state index contributed by atoms with van der Waals surface area (Å²) >= 11 is 6.04. The topological polar surface area (TPSA) is 3.24 Å². The van der Waals surface area contributed by atoms with E-state index in [0.29, 0.717) is 0 Å². The molecule has 0 saturated heterocycles. The maximum absolute atomic E-state index is 6.04. The lowest BCUT2D eigenvalue weighted by Gasteiger charge is -2.14. The summed E-state index contributed by atoms with van der Waals surface area (Å²) in [6, 6.07) is 0. The molecule has 0 heterocycles. The second-order valence-corrected chi connectivity index (χ2v) is 3.57. The predicted molar refractivity (Wildman–Crippen MR) is 54.1 cm³/mol. The van der Waals surface area contributed by atoms with E-state index >= 15 is 0 Å². The van der Waals surface area contributed by atoms with E-state index in [1.165, 1.54) is 5.70 Å². The van der Waals surface area contributed by atoms with E-state index in [1.54, 1.807) is 0 Å². The summed E-state index contributed by atoms with van der Waals surface area (Å²) in [4.78, 5) is 2.09. The average Bonchev–Trinajstić information content (AvgIpc) is 2.15. The lowest BCUT2D eigenvalue weighted by Crippen LogP contribution is -2.10. The summed E-state index contributed by atoms with van der Waals surface area (Å²) in [5.74, 6) is 0. The lowest BCUT2D eigenvalue weighted by molar-refractivity contribution is 0.501. The van der Waals surface area contributed by atoms with Gasteiger partial charge in [0, 0.05) is 31.2 Å². The Morgan fingerprint density at radius 2 is 2.08 bits per heavy atom. The van der Waals surface area contributed by atoms with Crippen LogP contribution in [0, 0.1) is 0 Å². The lowest BCUT2D eigenvalue weighted by atomic mass is 10.3. The SMILES string of the molecule is CC1=C(Cl)C=C(N(C)C)CC=C1. The molecule has 0 spiro atoms. The van der Waals surface area contributed by atoms with Crippen LogP contribution < -0.4 is 0 Å². The number of hydrogen-bond donors (Lipinski definition) is 0. The van der Waals surface area contributed by atoms with Crippen molar-refractivity contribution >= 4 is 11.6 Å². The minimum Gasteiger partial charge on any atom is -0.381 e. The summed E-state index contributed by atoms with van der Waals surface area (Å²) in [6.45, 7) is 2.02. The predicted octanol–water partition coefficient (Wildman–Crippen LogP) is 2.90. The van der Waals surface area contributed by atoms with Gasteiger partial charge in [0.1, 0.15) is 0 Å². The van der Waals surface area contributed by atoms with Gasteiger partial charge in [0.25, 0.3) is 0 Å². The minimum atomic E-state index is 0.840. The fourth-order valence-electron chi connectivity index (χ4n) is 1.07. The Bertz CT molecular complexity index is 259. The van der Waals surface area contributed by atoms with Crippen molar-refractivity contribution in [1.82, 2.24) is 4.90 Å². The van der Waals surface area contributed by atoms with Gasteiger partial charge in [-0.05, 0) is 18.6 Å². The molecule has 1 aliphatic rings. The molecule has 0 aromatic carbocycles. The third-order valence-corrected chi connectivity index (χ3v) is 2.35. The molecular weight excluding hydrogens is 170 g/mol. The molecule has 0 atom stereocenters. The second kappa shape index (κ2) is 3.81. The first-order chi connectivity index (χ1) is 5.61. The Morgan fingerprint density at radius 1 is 1.42 bits per heavy atom. The number of allylic oxidation sites excluding steroid dienone is 5. The summed E-state index contributed by atoms with van der Waals surface area (Å²) in [5, 5.41) is 0.840. The smallest absolute Gasteiger partial charge is 0.0452 e. The first-order valence-electron chi connectivity index (χ1n) is 4.02. The molecular formula is C10H14ClN. The molecule has 0 aromatic rings. The van der Waals surface area contributed by atoms with Gasteiger partial charge in [-0.25, -0.2) is 0 Å². The van der Waals surface area contributed by atoms with Gasteiger partial charge in [-0.3, -0.25) is 0 Å². The summed E-state index contributed by atoms with van der Waals surface area (Å²) in [5.41, 5.74) is 2.38. The van der Waals surface area contributed by atoms with E-state index in [1.807, 2.05) is 27.1 Å². The number of hydrogen-bond acceptors (Lipinski definition) is 1. The van der Waals surface area contributed by atoms with E-state index < -0.39 is 0 Å². The van der Waals surface area contributed by atoms with E-state index in [-0.39, 0.29) is 0 Å². The van der Waals surface area contributed by atoms with Crippen molar-refractivity contribution in [3.05, 3.63) is 34.5 Å². The third-order valence-electron chi connectivity index (χ3n) is 1.94. The maximum Gasteiger partial charge on any atom is 0.0452 e. The Labute approximate surface area is 79.0 Å². The van der Waals surface area contributed by atoms with Crippen molar-refractivity contribution in [3.63, 3.8) is 0 Å². The molecule has 0 saturated carbocycles. The third kappa shape index (κ3) is 2.15. The standard InChI is InChI=1S/C10H14ClN/c1-8-5-4-6-9(12(2)3)7-10(8)11/h4-5,7H,6H2,1-3H3. The average molecular weight is 184 g/mol. The number of nitrogens with zero attached hydrogens (tertiary/aromatic N) is 1. The molecule has 1 rings (SSSR count). The summed E-state index contributed by atoms with van der Waals surface area (Å²) in [7, 11) is 4.06. The largest absolute Gasteiger partial charge is 0.381 e. The van der Waals surface area contributed by atoms with Crippen LogP contribution in [0.4, 0.5) is 0 Å². The van der Waals surface area contributed by atoms with Crippen molar-refractivity contribution in [1.29, 1.82) is 0 Å². The van der Waals surface area contributed by atoms with E-state index in [0.717, 1.165) is 17.0 Å². The second-order valence-electron chi connectivity index (χ2n) is 3.17. The van der Waals surface area contributed by atoms with Crippen molar-refractivity contribution in [3.8, 4) is 0 Å². The summed E-state index contributed by atoms with van der Waals surface area (Å²) < 4.78 is 0. The molecule has 0 radical (unpaired) electrons. The van der Waals surface area contributed by atoms with Crippen LogP contribution in [0.25, 0.3) is 0 Å². The highest BCUT2D eigenvalue weighted by molar-refractivity contribution is 6.31. The first kappa shape index (κ1) is 9.40. The Kier molecular flexibility index (Phi) is 2.99. The van der Waals surface area contributed by atoms with Crippen LogP contribution in [-0.2, 0) is 0 Å². The molecule has 1 aliphatic carbocycles. The van der Waals surface area contributed by atoms with Gasteiger partial charge < -0.3 is 4.90 Å². The fraction of sp³-hybridized carbons (Fsp3) is 0.400. The molecule has 0 aliphatic heterocycles. The van der Waals surface area contributed by atoms with Gasteiger partial charge in [0.05, 0.1) is 0 Å². The molecule has 0 aromatic heterocycles. The highest BCUT2D eigenvalue weighted by Crippen LogP contribution is 2.20. The Morgan fingerprint density at radius 3 is 2.67 bits per heavy atom. The molecule has 0 amide bonds. The Balaban J connectivity index is 2.95. The summed E-state index contributed by atoms with van der Waals surface area (Å²) in [6.07, 6.45) is 7.18. The van der Waals surface area contributed by atoms with Crippen LogP contribution in [0.3, 0.4) is 0 Å². The van der Waals surface area contributed by atoms with Crippen LogP contribution >= 0.6 is 11.6 Å². The van der Waals surface area contributed by atoms with Crippen molar-refractivity contribution in [2.24, 2.45) is 0 Å². The van der Waals surface area contributed by atoms with Crippen LogP contribution in [0.2, 0.25) is 0 Å². The molecule has 2 heteroatoms. The Hall–Kier alpha value is -0.690. The van der Waals surface area contributed by atoms with Crippen LogP contribution in [0.15, 0.2) is 34.5 Å². The monoisotopic (exact) mass is 183 g/mol. The minimum absolute atomic E-state index is 0.840. The maximum atomic E-state index is 6.04. The van der Waals surface area contributed by atoms with Gasteiger partial charge in [0.15, 0.2) is 0 Å². The van der Waals surface area contributed by atoms with Crippen molar-refractivity contribution < 1.29 is 0 Å². The van der Waals surface area contributed by atoms with Crippen LogP contribution in [-0.4, -0.2) is 19.0 Å². The molecule has 12 heavy (non-hydrogen) atoms. The van der Waals surface area contributed by atoms with Crippen molar-refractivity contribution in [2.75, 3.05) is 14.1 Å². The van der Waals surface area contributed by atoms with Gasteiger partial charge >= 0.3 is 0 Å². The van der Waals surface area contributed by atoms with Crippen LogP contribution in [0.1, 0.15) is 13.3 Å². The van der Waals surface area contributed by atoms with E-state index in [9.17, 15) is 0 Å². The number of halogens is 1. The molecule has 0 N–H and O–H groups in total. The molecule has 1 nitrogen and oxygen atoms in total. The number of rotatable bonds is 1. The molecule has 0 unspecified atom stereocenters. The highest BCUT2D eigenvalue weighted by atomic mass is 35.5. The van der Waals surface area contributed by atoms with Gasteiger partial charge in [-0.2, -0.15) is 0 Å². The molecule has 0 fully saturated rings. The fourth-order valence-corrected chi connectivity index (χ4v) is 1.26. The van der Waals surface area contributed by atoms with Gasteiger partial charge in [0.2, 0.25) is 0 Å². The quantitative estimate of drug-likeness (QED) is 0.604. The highest BCUT2D eigenvalue weighted by Gasteiger charge is 2.03. The zero-order chi connectivity index (χ0) is 9.14.